The molecule has 0 amide bonds. The molecule has 27 heavy (non-hydrogen) atoms. The van der Waals surface area contributed by atoms with E-state index < -0.39 is 47.7 Å². The van der Waals surface area contributed by atoms with Gasteiger partial charge in [-0.05, 0) is 23.3 Å². The zero-order valence-corrected chi connectivity index (χ0v) is 14.1. The van der Waals surface area contributed by atoms with Gasteiger partial charge < -0.3 is 19.5 Å². The maximum absolute atomic E-state index is 13.9. The largest absolute Gasteiger partial charge is 0.466 e. The molecule has 1 aromatic carbocycles. The molecular weight excluding hydrogens is 377 g/mol. The van der Waals surface area contributed by atoms with Gasteiger partial charge in [-0.25, -0.2) is 13.6 Å². The highest BCUT2D eigenvalue weighted by Crippen LogP contribution is 2.45. The van der Waals surface area contributed by atoms with Crippen molar-refractivity contribution in [2.45, 2.75) is 24.5 Å². The molecule has 1 aromatic rings. The van der Waals surface area contributed by atoms with E-state index in [1.54, 1.807) is 0 Å². The molecule has 0 radical (unpaired) electrons. The van der Waals surface area contributed by atoms with E-state index in [0.29, 0.717) is 17.7 Å². The lowest BCUT2D eigenvalue weighted by Gasteiger charge is -2.26. The fourth-order valence-electron chi connectivity index (χ4n) is 2.98. The number of carbonyl (C=O) groups is 1. The number of rotatable bonds is 4. The van der Waals surface area contributed by atoms with Gasteiger partial charge in [0.1, 0.15) is 6.10 Å². The number of hydrogen-bond acceptors (Lipinski definition) is 5. The van der Waals surface area contributed by atoms with Gasteiger partial charge in [0, 0.05) is 25.4 Å². The molecule has 1 fully saturated rings. The van der Waals surface area contributed by atoms with Gasteiger partial charge in [-0.1, -0.05) is 0 Å². The van der Waals surface area contributed by atoms with E-state index in [9.17, 15) is 26.7 Å². The number of nitrogens with one attached hydrogen (secondary N) is 1. The Hall–Kier alpha value is -2.46. The molecule has 0 aliphatic carbocycles. The standard InChI is InChI=1S/C17H14F5NO4/c1-25-15(24)9-6-23-5-8(14-16(26-2)27-14)12(9)7-3-10(17(20,21)22)13(19)11(18)4-7/h3-6,12,14,16,23H,1-2H3. The van der Waals surface area contributed by atoms with E-state index in [0.717, 1.165) is 7.11 Å². The molecule has 5 nitrogen and oxygen atoms in total. The summed E-state index contributed by atoms with van der Waals surface area (Å²) < 4.78 is 81.8. The lowest BCUT2D eigenvalue weighted by molar-refractivity contribution is -0.140. The molecule has 2 aliphatic heterocycles. The van der Waals surface area contributed by atoms with Gasteiger partial charge in [-0.3, -0.25) is 0 Å². The predicted molar refractivity (Wildman–Crippen MR) is 81.1 cm³/mol. The molecule has 2 aliphatic rings. The fourth-order valence-corrected chi connectivity index (χ4v) is 2.98. The van der Waals surface area contributed by atoms with Crippen molar-refractivity contribution in [3.8, 4) is 0 Å². The number of esters is 1. The number of halogens is 5. The smallest absolute Gasteiger partial charge is 0.419 e. The van der Waals surface area contributed by atoms with Crippen LogP contribution in [0.2, 0.25) is 0 Å². The fraction of sp³-hybridized carbons (Fsp3) is 0.353. The number of alkyl halides is 3. The van der Waals surface area contributed by atoms with Crippen molar-refractivity contribution in [2.24, 2.45) is 0 Å². The van der Waals surface area contributed by atoms with Crippen molar-refractivity contribution in [1.82, 2.24) is 5.32 Å². The Kier molecular flexibility index (Phi) is 4.96. The van der Waals surface area contributed by atoms with E-state index in [-0.39, 0.29) is 11.1 Å². The van der Waals surface area contributed by atoms with Crippen molar-refractivity contribution >= 4 is 5.97 Å². The summed E-state index contributed by atoms with van der Waals surface area (Å²) in [5.41, 5.74) is -1.79. The molecule has 3 atom stereocenters. The third kappa shape index (κ3) is 3.54. The highest BCUT2D eigenvalue weighted by Gasteiger charge is 2.48. The zero-order valence-electron chi connectivity index (χ0n) is 14.1. The molecule has 1 saturated heterocycles. The quantitative estimate of drug-likeness (QED) is 0.486. The molecule has 1 N–H and O–H groups in total. The minimum absolute atomic E-state index is 0.0838. The molecule has 0 saturated carbocycles. The Morgan fingerprint density at radius 1 is 1.19 bits per heavy atom. The summed E-state index contributed by atoms with van der Waals surface area (Å²) in [5, 5.41) is 2.69. The maximum Gasteiger partial charge on any atom is 0.419 e. The second kappa shape index (κ2) is 6.93. The third-order valence-electron chi connectivity index (χ3n) is 4.26. The van der Waals surface area contributed by atoms with Gasteiger partial charge in [-0.15, -0.1) is 0 Å². The van der Waals surface area contributed by atoms with E-state index in [1.165, 1.54) is 19.5 Å². The second-order valence-electron chi connectivity index (χ2n) is 5.86. The summed E-state index contributed by atoms with van der Waals surface area (Å²) >= 11 is 0. The molecular formula is C17H14F5NO4. The number of methoxy groups -OCH3 is 2. The van der Waals surface area contributed by atoms with Gasteiger partial charge in [0.15, 0.2) is 17.9 Å². The van der Waals surface area contributed by atoms with Crippen LogP contribution in [-0.4, -0.2) is 32.6 Å². The second-order valence-corrected chi connectivity index (χ2v) is 5.86. The number of hydrogen-bond donors (Lipinski definition) is 1. The minimum Gasteiger partial charge on any atom is -0.466 e. The highest BCUT2D eigenvalue weighted by molar-refractivity contribution is 5.91. The van der Waals surface area contributed by atoms with Gasteiger partial charge in [0.2, 0.25) is 0 Å². The van der Waals surface area contributed by atoms with Crippen LogP contribution >= 0.6 is 0 Å². The number of ether oxygens (including phenoxy) is 3. The molecule has 3 rings (SSSR count). The van der Waals surface area contributed by atoms with E-state index in [1.807, 2.05) is 0 Å². The van der Waals surface area contributed by atoms with E-state index >= 15 is 0 Å². The van der Waals surface area contributed by atoms with Crippen LogP contribution in [-0.2, 0) is 25.2 Å². The molecule has 146 valence electrons. The topological polar surface area (TPSA) is 60.1 Å². The Morgan fingerprint density at radius 3 is 2.44 bits per heavy atom. The van der Waals surface area contributed by atoms with E-state index in [2.05, 4.69) is 10.1 Å². The first-order valence-corrected chi connectivity index (χ1v) is 7.67. The first kappa shape index (κ1) is 19.3. The summed E-state index contributed by atoms with van der Waals surface area (Å²) in [6.07, 6.45) is -3.81. The average molecular weight is 391 g/mol. The summed E-state index contributed by atoms with van der Waals surface area (Å²) in [4.78, 5) is 12.1. The van der Waals surface area contributed by atoms with Crippen LogP contribution in [0.3, 0.4) is 0 Å². The SMILES string of the molecule is COC(=O)C1=CNC=C(C2OC2OC)C1c1cc(F)c(F)c(C(F)(F)F)c1. The predicted octanol–water partition coefficient (Wildman–Crippen LogP) is 2.98. The number of epoxide rings is 1. The highest BCUT2D eigenvalue weighted by atomic mass is 19.4. The number of benzene rings is 1. The molecule has 0 spiro atoms. The molecule has 0 aromatic heterocycles. The molecule has 0 bridgehead atoms. The van der Waals surface area contributed by atoms with E-state index in [4.69, 9.17) is 9.47 Å². The average Bonchev–Trinajstić information content (AvgIpc) is 3.41. The number of carbonyl (C=O) groups excluding carboxylic acids is 1. The van der Waals surface area contributed by atoms with Gasteiger partial charge in [0.05, 0.1) is 18.2 Å². The summed E-state index contributed by atoms with van der Waals surface area (Å²) in [6, 6.07) is 1.10. The van der Waals surface area contributed by atoms with Crippen LogP contribution in [0.5, 0.6) is 0 Å². The Bertz CT molecular complexity index is 833. The summed E-state index contributed by atoms with van der Waals surface area (Å²) in [7, 11) is 2.46. The molecule has 10 heteroatoms. The zero-order chi connectivity index (χ0) is 19.9. The molecule has 2 heterocycles. The Morgan fingerprint density at radius 2 is 1.89 bits per heavy atom. The van der Waals surface area contributed by atoms with Crippen molar-refractivity contribution < 1.29 is 41.0 Å². The van der Waals surface area contributed by atoms with Gasteiger partial charge in [0.25, 0.3) is 0 Å². The normalized spacial score (nSPS) is 24.6. The van der Waals surface area contributed by atoms with Crippen molar-refractivity contribution in [3.63, 3.8) is 0 Å². The van der Waals surface area contributed by atoms with Crippen LogP contribution in [0.4, 0.5) is 22.0 Å². The van der Waals surface area contributed by atoms with Crippen LogP contribution in [0.1, 0.15) is 17.0 Å². The van der Waals surface area contributed by atoms with Gasteiger partial charge in [-0.2, -0.15) is 13.2 Å². The van der Waals surface area contributed by atoms with Gasteiger partial charge >= 0.3 is 12.1 Å². The Balaban J connectivity index is 2.12. The molecule has 3 unspecified atom stereocenters. The van der Waals surface area contributed by atoms with Crippen LogP contribution < -0.4 is 5.32 Å². The van der Waals surface area contributed by atoms with Crippen LogP contribution in [0.15, 0.2) is 35.7 Å². The Labute approximate surface area is 150 Å². The lowest BCUT2D eigenvalue weighted by atomic mass is 9.81. The number of dihydropyridines is 1. The lowest BCUT2D eigenvalue weighted by Crippen LogP contribution is -2.25. The summed E-state index contributed by atoms with van der Waals surface area (Å²) in [5.74, 6) is -5.67. The maximum atomic E-state index is 13.9. The minimum atomic E-state index is -5.11. The van der Waals surface area contributed by atoms with Crippen LogP contribution in [0.25, 0.3) is 0 Å². The first-order chi connectivity index (χ1) is 12.7. The summed E-state index contributed by atoms with van der Waals surface area (Å²) in [6.45, 7) is 0. The monoisotopic (exact) mass is 391 g/mol. The third-order valence-corrected chi connectivity index (χ3v) is 4.26. The van der Waals surface area contributed by atoms with Crippen molar-refractivity contribution in [3.05, 3.63) is 58.4 Å². The van der Waals surface area contributed by atoms with Crippen LogP contribution in [0, 0.1) is 11.6 Å². The van der Waals surface area contributed by atoms with Crippen molar-refractivity contribution in [2.75, 3.05) is 14.2 Å². The first-order valence-electron chi connectivity index (χ1n) is 7.67. The van der Waals surface area contributed by atoms with Crippen molar-refractivity contribution in [1.29, 1.82) is 0 Å².